The number of hydrogen-bond donors (Lipinski definition) is 2. The fourth-order valence-corrected chi connectivity index (χ4v) is 1.83. The van der Waals surface area contributed by atoms with E-state index in [0.29, 0.717) is 0 Å². The van der Waals surface area contributed by atoms with Crippen LogP contribution in [0.25, 0.3) is 0 Å². The molecule has 1 aliphatic rings. The van der Waals surface area contributed by atoms with Crippen LogP contribution in [0.15, 0.2) is 53.8 Å². The van der Waals surface area contributed by atoms with Crippen LogP contribution in [0.5, 0.6) is 0 Å². The predicted molar refractivity (Wildman–Crippen MR) is 68.2 cm³/mol. The number of nitrogens with one attached hydrogen (secondary N) is 1. The summed E-state index contributed by atoms with van der Waals surface area (Å²) in [6, 6.07) is 10.5. The van der Waals surface area contributed by atoms with Crippen LogP contribution >= 0.6 is 12.6 Å². The molecule has 0 aromatic heterocycles. The van der Waals surface area contributed by atoms with Crippen molar-refractivity contribution < 1.29 is 0 Å². The first kappa shape index (κ1) is 10.4. The Morgan fingerprint density at radius 1 is 1.13 bits per heavy atom. The first-order chi connectivity index (χ1) is 7.38. The lowest BCUT2D eigenvalue weighted by Gasteiger charge is -2.16. The van der Waals surface area contributed by atoms with Crippen molar-refractivity contribution in [1.82, 2.24) is 5.32 Å². The van der Waals surface area contributed by atoms with E-state index in [1.165, 1.54) is 16.8 Å². The lowest BCUT2D eigenvalue weighted by molar-refractivity contribution is 0.819. The van der Waals surface area contributed by atoms with E-state index in [0.717, 1.165) is 18.7 Å². The number of dihydropyridines is 1. The van der Waals surface area contributed by atoms with Crippen LogP contribution in [0.1, 0.15) is 5.56 Å². The second-order valence-electron chi connectivity index (χ2n) is 3.69. The normalized spacial score (nSPS) is 15.3. The molecule has 1 N–H and O–H groups in total. The minimum atomic E-state index is 0.835. The highest BCUT2D eigenvalue weighted by Crippen LogP contribution is 2.10. The van der Waals surface area contributed by atoms with Gasteiger partial charge in [-0.05, 0) is 17.2 Å². The van der Waals surface area contributed by atoms with E-state index in [2.05, 4.69) is 54.4 Å². The summed E-state index contributed by atoms with van der Waals surface area (Å²) in [6.45, 7) is 0.933. The molecule has 0 saturated carbocycles. The molecule has 0 aliphatic carbocycles. The summed E-state index contributed by atoms with van der Waals surface area (Å²) < 4.78 is 0. The maximum Gasteiger partial charge on any atom is 0.0368 e. The zero-order chi connectivity index (χ0) is 10.5. The van der Waals surface area contributed by atoms with Crippen molar-refractivity contribution in [3.63, 3.8) is 0 Å². The van der Waals surface area contributed by atoms with Crippen LogP contribution in [0.3, 0.4) is 0 Å². The average Bonchev–Trinajstić information content (AvgIpc) is 2.31. The van der Waals surface area contributed by atoms with E-state index in [1.807, 2.05) is 6.07 Å². The molecule has 0 fully saturated rings. The Labute approximate surface area is 96.3 Å². The molecule has 15 heavy (non-hydrogen) atoms. The molecule has 0 unspecified atom stereocenters. The molecule has 0 amide bonds. The van der Waals surface area contributed by atoms with Crippen molar-refractivity contribution >= 4 is 12.6 Å². The van der Waals surface area contributed by atoms with Crippen molar-refractivity contribution in [3.8, 4) is 0 Å². The van der Waals surface area contributed by atoms with Crippen LogP contribution in [-0.2, 0) is 6.42 Å². The van der Waals surface area contributed by atoms with Crippen molar-refractivity contribution in [1.29, 1.82) is 0 Å². The van der Waals surface area contributed by atoms with E-state index >= 15 is 0 Å². The highest BCUT2D eigenvalue weighted by Gasteiger charge is 2.04. The maximum absolute atomic E-state index is 4.25. The van der Waals surface area contributed by atoms with E-state index in [4.69, 9.17) is 0 Å². The number of benzene rings is 1. The van der Waals surface area contributed by atoms with E-state index in [9.17, 15) is 0 Å². The van der Waals surface area contributed by atoms with E-state index < -0.39 is 0 Å². The molecule has 0 saturated heterocycles. The predicted octanol–water partition coefficient (Wildman–Crippen LogP) is 2.57. The van der Waals surface area contributed by atoms with Crippen LogP contribution in [0.2, 0.25) is 0 Å². The van der Waals surface area contributed by atoms with Gasteiger partial charge in [-0.2, -0.15) is 12.6 Å². The third-order valence-electron chi connectivity index (χ3n) is 2.50. The van der Waals surface area contributed by atoms with Crippen LogP contribution < -0.4 is 5.32 Å². The third-order valence-corrected chi connectivity index (χ3v) is 2.91. The van der Waals surface area contributed by atoms with E-state index in [1.54, 1.807) is 0 Å². The fraction of sp³-hybridized carbons (Fsp3) is 0.231. The van der Waals surface area contributed by atoms with Crippen molar-refractivity contribution in [3.05, 3.63) is 59.3 Å². The summed E-state index contributed by atoms with van der Waals surface area (Å²) in [5.41, 5.74) is 3.97. The second-order valence-corrected chi connectivity index (χ2v) is 4.01. The van der Waals surface area contributed by atoms with Gasteiger partial charge < -0.3 is 5.32 Å². The Morgan fingerprint density at radius 3 is 2.53 bits per heavy atom. The Kier molecular flexibility index (Phi) is 3.51. The largest absolute Gasteiger partial charge is 0.384 e. The topological polar surface area (TPSA) is 12.0 Å². The van der Waals surface area contributed by atoms with Crippen LogP contribution in [0.4, 0.5) is 0 Å². The lowest BCUT2D eigenvalue weighted by Crippen LogP contribution is -2.21. The zero-order valence-electron chi connectivity index (χ0n) is 8.61. The molecule has 1 nitrogen and oxygen atoms in total. The molecule has 0 atom stereocenters. The molecule has 0 radical (unpaired) electrons. The summed E-state index contributed by atoms with van der Waals surface area (Å²) in [6.07, 6.45) is 5.31. The van der Waals surface area contributed by atoms with Gasteiger partial charge in [0.15, 0.2) is 0 Å². The SMILES string of the molecule is SCC1=CC=C(Cc2ccccc2)NC1. The van der Waals surface area contributed by atoms with Gasteiger partial charge in [-0.3, -0.25) is 0 Å². The monoisotopic (exact) mass is 217 g/mol. The summed E-state index contributed by atoms with van der Waals surface area (Å²) in [5, 5.41) is 3.41. The molecule has 1 aromatic rings. The summed E-state index contributed by atoms with van der Waals surface area (Å²) in [7, 11) is 0. The van der Waals surface area contributed by atoms with Crippen LogP contribution in [0, 0.1) is 0 Å². The fourth-order valence-electron chi connectivity index (χ4n) is 1.61. The Balaban J connectivity index is 2.03. The molecule has 1 aliphatic heterocycles. The molecule has 2 rings (SSSR count). The molecular weight excluding hydrogens is 202 g/mol. The minimum absolute atomic E-state index is 0.835. The molecule has 78 valence electrons. The van der Waals surface area contributed by atoms with Gasteiger partial charge >= 0.3 is 0 Å². The molecule has 2 heteroatoms. The quantitative estimate of drug-likeness (QED) is 0.742. The van der Waals surface area contributed by atoms with Gasteiger partial charge in [0.05, 0.1) is 0 Å². The van der Waals surface area contributed by atoms with Crippen molar-refractivity contribution in [2.75, 3.05) is 12.3 Å². The van der Waals surface area contributed by atoms with Crippen LogP contribution in [-0.4, -0.2) is 12.3 Å². The number of allylic oxidation sites excluding steroid dienone is 3. The molecule has 0 spiro atoms. The highest BCUT2D eigenvalue weighted by atomic mass is 32.1. The van der Waals surface area contributed by atoms with E-state index in [-0.39, 0.29) is 0 Å². The Morgan fingerprint density at radius 2 is 1.93 bits per heavy atom. The first-order valence-corrected chi connectivity index (χ1v) is 5.79. The van der Waals surface area contributed by atoms with Gasteiger partial charge in [0, 0.05) is 24.4 Å². The van der Waals surface area contributed by atoms with Gasteiger partial charge in [-0.25, -0.2) is 0 Å². The number of rotatable bonds is 3. The molecule has 1 heterocycles. The summed E-state index contributed by atoms with van der Waals surface area (Å²) in [4.78, 5) is 0. The number of thiol groups is 1. The second kappa shape index (κ2) is 5.08. The average molecular weight is 217 g/mol. The smallest absolute Gasteiger partial charge is 0.0368 e. The Bertz CT molecular complexity index is 379. The molecular formula is C13H15NS. The van der Waals surface area contributed by atoms with Gasteiger partial charge in [-0.15, -0.1) is 0 Å². The number of hydrogen-bond acceptors (Lipinski definition) is 2. The maximum atomic E-state index is 4.25. The first-order valence-electron chi connectivity index (χ1n) is 5.16. The standard InChI is InChI=1S/C13H15NS/c15-10-12-6-7-13(14-9-12)8-11-4-2-1-3-5-11/h1-7,14-15H,8-10H2. The Hall–Kier alpha value is -1.15. The lowest BCUT2D eigenvalue weighted by atomic mass is 10.1. The highest BCUT2D eigenvalue weighted by molar-refractivity contribution is 7.80. The van der Waals surface area contributed by atoms with Crippen molar-refractivity contribution in [2.24, 2.45) is 0 Å². The van der Waals surface area contributed by atoms with Gasteiger partial charge in [0.25, 0.3) is 0 Å². The summed E-state index contributed by atoms with van der Waals surface area (Å²) in [5.74, 6) is 0.835. The van der Waals surface area contributed by atoms with Crippen molar-refractivity contribution in [2.45, 2.75) is 6.42 Å². The minimum Gasteiger partial charge on any atom is -0.384 e. The molecule has 1 aromatic carbocycles. The van der Waals surface area contributed by atoms with Gasteiger partial charge in [0.2, 0.25) is 0 Å². The molecule has 0 bridgehead atoms. The summed E-state index contributed by atoms with van der Waals surface area (Å²) >= 11 is 4.25. The van der Waals surface area contributed by atoms with Gasteiger partial charge in [-0.1, -0.05) is 36.4 Å². The zero-order valence-corrected chi connectivity index (χ0v) is 9.50. The van der Waals surface area contributed by atoms with Gasteiger partial charge in [0.1, 0.15) is 0 Å². The third kappa shape index (κ3) is 2.90.